The fraction of sp³-hybridized carbons (Fsp3) is 0.186. The number of alkyl carbamates (subject to hydrolysis) is 1. The number of H-pyrrole nitrogens is 1. The van der Waals surface area contributed by atoms with Gasteiger partial charge in [0.1, 0.15) is 18.7 Å². The topological polar surface area (TPSA) is 110 Å². The Bertz CT molecular complexity index is 1960. The molecule has 0 aliphatic carbocycles. The van der Waals surface area contributed by atoms with Crippen molar-refractivity contribution in [1.29, 1.82) is 0 Å². The van der Waals surface area contributed by atoms with Gasteiger partial charge in [-0.2, -0.15) is 0 Å². The van der Waals surface area contributed by atoms with E-state index in [4.69, 9.17) is 9.47 Å². The Hall–Kier alpha value is -5.80. The van der Waals surface area contributed by atoms with Gasteiger partial charge in [0.05, 0.1) is 11.4 Å². The van der Waals surface area contributed by atoms with E-state index in [1.54, 1.807) is 6.92 Å². The van der Waals surface area contributed by atoms with Crippen LogP contribution >= 0.6 is 11.8 Å². The SMILES string of the molecule is CCOC(=O)C(Cc1c[nH]c2ccccc12)NC(=O)C(CSC(c1ccccc1)(c1ccccc1)c1ccccc1)NC(=O)OCc1ccccc1. The zero-order chi connectivity index (χ0) is 36.2. The number of nitrogens with one attached hydrogen (secondary N) is 3. The summed E-state index contributed by atoms with van der Waals surface area (Å²) in [5, 5.41) is 6.70. The fourth-order valence-electron chi connectivity index (χ4n) is 6.30. The zero-order valence-electron chi connectivity index (χ0n) is 28.9. The molecule has 0 saturated carbocycles. The number of carbonyl (C=O) groups excluding carboxylic acids is 3. The molecule has 9 heteroatoms. The molecule has 2 atom stereocenters. The van der Waals surface area contributed by atoms with Gasteiger partial charge in [-0.25, -0.2) is 9.59 Å². The number of hydrogen-bond donors (Lipinski definition) is 3. The number of thioether (sulfide) groups is 1. The fourth-order valence-corrected chi connectivity index (χ4v) is 7.86. The summed E-state index contributed by atoms with van der Waals surface area (Å²) in [7, 11) is 0. The van der Waals surface area contributed by atoms with Gasteiger partial charge in [0, 0.05) is 29.3 Å². The first-order valence-corrected chi connectivity index (χ1v) is 18.3. The maximum Gasteiger partial charge on any atom is 0.408 e. The van der Waals surface area contributed by atoms with E-state index in [2.05, 4.69) is 52.0 Å². The predicted octanol–water partition coefficient (Wildman–Crippen LogP) is 7.78. The predicted molar refractivity (Wildman–Crippen MR) is 206 cm³/mol. The molecule has 0 aliphatic heterocycles. The highest BCUT2D eigenvalue weighted by Crippen LogP contribution is 2.48. The molecule has 0 fully saturated rings. The van der Waals surface area contributed by atoms with Crippen molar-refractivity contribution in [2.75, 3.05) is 12.4 Å². The summed E-state index contributed by atoms with van der Waals surface area (Å²) in [6.07, 6.45) is 1.27. The number of ether oxygens (including phenoxy) is 2. The van der Waals surface area contributed by atoms with Crippen molar-refractivity contribution in [3.05, 3.63) is 180 Å². The quantitative estimate of drug-likeness (QED) is 0.0742. The van der Waals surface area contributed by atoms with E-state index in [-0.39, 0.29) is 25.4 Å². The summed E-state index contributed by atoms with van der Waals surface area (Å²) in [6, 6.07) is 45.3. The molecule has 1 aromatic heterocycles. The first-order chi connectivity index (χ1) is 25.5. The Morgan fingerprint density at radius 2 is 1.21 bits per heavy atom. The van der Waals surface area contributed by atoms with Crippen LogP contribution in [0.5, 0.6) is 0 Å². The van der Waals surface area contributed by atoms with Gasteiger partial charge in [-0.05, 0) is 40.8 Å². The summed E-state index contributed by atoms with van der Waals surface area (Å²) in [5.41, 5.74) is 5.60. The largest absolute Gasteiger partial charge is 0.464 e. The maximum absolute atomic E-state index is 14.4. The molecule has 0 radical (unpaired) electrons. The van der Waals surface area contributed by atoms with Crippen LogP contribution in [0.2, 0.25) is 0 Å². The summed E-state index contributed by atoms with van der Waals surface area (Å²) < 4.78 is 10.2. The van der Waals surface area contributed by atoms with Gasteiger partial charge in [0.25, 0.3) is 0 Å². The monoisotopic (exact) mass is 711 g/mol. The van der Waals surface area contributed by atoms with E-state index in [9.17, 15) is 14.4 Å². The minimum Gasteiger partial charge on any atom is -0.464 e. The minimum atomic E-state index is -1.09. The van der Waals surface area contributed by atoms with Crippen LogP contribution in [0, 0.1) is 0 Å². The van der Waals surface area contributed by atoms with Crippen LogP contribution in [0.1, 0.15) is 34.7 Å². The molecule has 52 heavy (non-hydrogen) atoms. The molecule has 5 aromatic carbocycles. The second kappa shape index (κ2) is 17.4. The number of carbonyl (C=O) groups is 3. The zero-order valence-corrected chi connectivity index (χ0v) is 29.7. The Labute approximate surface area is 307 Å². The van der Waals surface area contributed by atoms with Crippen LogP contribution in [0.4, 0.5) is 4.79 Å². The molecule has 1 heterocycles. The van der Waals surface area contributed by atoms with Crippen molar-refractivity contribution in [3.8, 4) is 0 Å². The lowest BCUT2D eigenvalue weighted by Crippen LogP contribution is -2.54. The number of esters is 1. The van der Waals surface area contributed by atoms with Crippen LogP contribution in [-0.4, -0.2) is 47.4 Å². The van der Waals surface area contributed by atoms with E-state index < -0.39 is 34.8 Å². The molecule has 8 nitrogen and oxygen atoms in total. The van der Waals surface area contributed by atoms with Crippen LogP contribution in [0.15, 0.2) is 152 Å². The second-order valence-corrected chi connectivity index (χ2v) is 13.5. The summed E-state index contributed by atoms with van der Waals surface area (Å²) in [4.78, 5) is 44.3. The Morgan fingerprint density at radius 1 is 0.673 bits per heavy atom. The van der Waals surface area contributed by atoms with E-state index in [0.717, 1.165) is 38.7 Å². The average Bonchev–Trinajstić information content (AvgIpc) is 3.61. The smallest absolute Gasteiger partial charge is 0.408 e. The third-order valence-corrected chi connectivity index (χ3v) is 10.5. The number of hydrogen-bond acceptors (Lipinski definition) is 6. The van der Waals surface area contributed by atoms with Crippen LogP contribution in [-0.2, 0) is 36.8 Å². The molecule has 0 spiro atoms. The maximum atomic E-state index is 14.4. The highest BCUT2D eigenvalue weighted by Gasteiger charge is 2.39. The Kier molecular flexibility index (Phi) is 12.1. The van der Waals surface area contributed by atoms with Gasteiger partial charge in [-0.1, -0.05) is 140 Å². The van der Waals surface area contributed by atoms with E-state index in [1.807, 2.05) is 115 Å². The summed E-state index contributed by atoms with van der Waals surface area (Å²) >= 11 is 1.52. The summed E-state index contributed by atoms with van der Waals surface area (Å²) in [6.45, 7) is 1.90. The third-order valence-electron chi connectivity index (χ3n) is 8.82. The van der Waals surface area contributed by atoms with Crippen molar-refractivity contribution in [3.63, 3.8) is 0 Å². The van der Waals surface area contributed by atoms with Gasteiger partial charge in [-0.15, -0.1) is 11.8 Å². The van der Waals surface area contributed by atoms with Gasteiger partial charge in [-0.3, -0.25) is 4.79 Å². The molecule has 0 saturated heterocycles. The molecule has 6 aromatic rings. The van der Waals surface area contributed by atoms with Gasteiger partial charge >= 0.3 is 12.1 Å². The normalized spacial score (nSPS) is 12.4. The van der Waals surface area contributed by atoms with Crippen molar-refractivity contribution in [1.82, 2.24) is 15.6 Å². The lowest BCUT2D eigenvalue weighted by molar-refractivity contribution is -0.147. The van der Waals surface area contributed by atoms with Gasteiger partial charge < -0.3 is 25.1 Å². The molecule has 6 rings (SSSR count). The number of aromatic nitrogens is 1. The van der Waals surface area contributed by atoms with Crippen LogP contribution in [0.3, 0.4) is 0 Å². The molecule has 2 unspecified atom stereocenters. The average molecular weight is 712 g/mol. The highest BCUT2D eigenvalue weighted by molar-refractivity contribution is 8.00. The molecule has 264 valence electrons. The van der Waals surface area contributed by atoms with Crippen molar-refractivity contribution in [2.45, 2.75) is 36.8 Å². The number of para-hydroxylation sites is 1. The number of benzene rings is 5. The first-order valence-electron chi connectivity index (χ1n) is 17.3. The molecule has 0 bridgehead atoms. The molecule has 0 aliphatic rings. The summed E-state index contributed by atoms with van der Waals surface area (Å²) in [5.74, 6) is -0.968. The lowest BCUT2D eigenvalue weighted by atomic mass is 9.84. The highest BCUT2D eigenvalue weighted by atomic mass is 32.2. The van der Waals surface area contributed by atoms with Crippen LogP contribution in [0.25, 0.3) is 10.9 Å². The number of aromatic amines is 1. The van der Waals surface area contributed by atoms with Crippen LogP contribution < -0.4 is 10.6 Å². The molecular weight excluding hydrogens is 671 g/mol. The molecular formula is C43H41N3O5S. The number of amides is 2. The van der Waals surface area contributed by atoms with E-state index in [0.29, 0.717) is 0 Å². The van der Waals surface area contributed by atoms with Crippen molar-refractivity contribution < 1.29 is 23.9 Å². The standard InChI is InChI=1S/C43H41N3O5S/c1-2-50-41(48)38(27-32-28-44-37-26-16-15-25-36(32)37)45-40(47)39(46-42(49)51-29-31-17-7-3-8-18-31)30-52-43(33-19-9-4-10-20-33,34-21-11-5-12-22-34)35-23-13-6-14-24-35/h3-26,28,38-39,44H,2,27,29-30H2,1H3,(H,45,47)(H,46,49). The third kappa shape index (κ3) is 8.55. The minimum absolute atomic E-state index is 0.0299. The molecule has 2 amide bonds. The number of rotatable bonds is 15. The number of fused-ring (bicyclic) bond motifs is 1. The Morgan fingerprint density at radius 3 is 1.79 bits per heavy atom. The molecule has 3 N–H and O–H groups in total. The Balaban J connectivity index is 1.33. The van der Waals surface area contributed by atoms with Gasteiger partial charge in [0.15, 0.2) is 0 Å². The van der Waals surface area contributed by atoms with Gasteiger partial charge in [0.2, 0.25) is 5.91 Å². The first kappa shape index (κ1) is 36.0. The van der Waals surface area contributed by atoms with Crippen molar-refractivity contribution >= 4 is 40.6 Å². The van der Waals surface area contributed by atoms with E-state index in [1.165, 1.54) is 11.8 Å². The lowest BCUT2D eigenvalue weighted by Gasteiger charge is -2.36. The second-order valence-electron chi connectivity index (χ2n) is 12.2. The van der Waals surface area contributed by atoms with Crippen molar-refractivity contribution in [2.24, 2.45) is 0 Å². The van der Waals surface area contributed by atoms with E-state index >= 15 is 0 Å².